The van der Waals surface area contributed by atoms with Gasteiger partial charge < -0.3 is 21.3 Å². The van der Waals surface area contributed by atoms with E-state index in [0.717, 1.165) is 12.0 Å². The monoisotopic (exact) mass is 304 g/mol. The third-order valence-electron chi connectivity index (χ3n) is 3.99. The molecule has 22 heavy (non-hydrogen) atoms. The van der Waals surface area contributed by atoms with Crippen LogP contribution in [0.2, 0.25) is 0 Å². The summed E-state index contributed by atoms with van der Waals surface area (Å²) in [6.07, 6.45) is 0.928. The molecule has 1 saturated heterocycles. The van der Waals surface area contributed by atoms with Gasteiger partial charge in [0.15, 0.2) is 0 Å². The van der Waals surface area contributed by atoms with Gasteiger partial charge in [0, 0.05) is 18.3 Å². The lowest BCUT2D eigenvalue weighted by Crippen LogP contribution is -2.43. The van der Waals surface area contributed by atoms with Gasteiger partial charge in [-0.15, -0.1) is 0 Å². The number of likely N-dealkylation sites (tertiary alicyclic amines) is 1. The van der Waals surface area contributed by atoms with Gasteiger partial charge in [-0.1, -0.05) is 12.1 Å². The average Bonchev–Trinajstić information content (AvgIpc) is 2.86. The Kier molecular flexibility index (Phi) is 5.38. The van der Waals surface area contributed by atoms with E-state index in [1.165, 1.54) is 0 Å². The van der Waals surface area contributed by atoms with Gasteiger partial charge in [0.1, 0.15) is 0 Å². The minimum absolute atomic E-state index is 0.000714. The lowest BCUT2D eigenvalue weighted by Gasteiger charge is -2.21. The van der Waals surface area contributed by atoms with E-state index < -0.39 is 0 Å². The number of amides is 3. The van der Waals surface area contributed by atoms with Gasteiger partial charge in [-0.3, -0.25) is 4.79 Å². The summed E-state index contributed by atoms with van der Waals surface area (Å²) in [4.78, 5) is 25.8. The molecular formula is C16H24N4O2. The topological polar surface area (TPSA) is 87.5 Å². The number of urea groups is 1. The van der Waals surface area contributed by atoms with Crippen molar-refractivity contribution in [1.29, 1.82) is 0 Å². The first kappa shape index (κ1) is 16.3. The Bertz CT molecular complexity index is 547. The summed E-state index contributed by atoms with van der Waals surface area (Å²) in [5, 5.41) is 5.33. The Balaban J connectivity index is 1.80. The van der Waals surface area contributed by atoms with Gasteiger partial charge in [-0.25, -0.2) is 4.79 Å². The largest absolute Gasteiger partial charge is 0.338 e. The van der Waals surface area contributed by atoms with E-state index in [2.05, 4.69) is 10.6 Å². The molecular weight excluding hydrogens is 280 g/mol. The number of nitrogens with two attached hydrogens (primary N) is 1. The summed E-state index contributed by atoms with van der Waals surface area (Å²) < 4.78 is 0. The first-order chi connectivity index (χ1) is 10.5. The quantitative estimate of drug-likeness (QED) is 0.784. The van der Waals surface area contributed by atoms with Crippen molar-refractivity contribution in [2.45, 2.75) is 26.3 Å². The van der Waals surface area contributed by atoms with Crippen LogP contribution in [-0.2, 0) is 4.79 Å². The van der Waals surface area contributed by atoms with Crippen molar-refractivity contribution in [2.24, 2.45) is 11.7 Å². The average molecular weight is 304 g/mol. The lowest BCUT2D eigenvalue weighted by molar-refractivity contribution is -0.130. The Hall–Kier alpha value is -2.08. The maximum atomic E-state index is 12.2. The zero-order chi connectivity index (χ0) is 16.1. The molecule has 0 spiro atoms. The lowest BCUT2D eigenvalue weighted by atomic mass is 10.1. The standard InChI is InChI=1S/C16H24N4O2/c1-11-4-3-5-14(6-11)19-16(22)18-9-15(21)20-10-13(8-17)7-12(20)2/h3-6,12-13H,7-10,17H2,1-2H3,(H2,18,19,22). The fraction of sp³-hybridized carbons (Fsp3) is 0.500. The molecule has 1 aromatic carbocycles. The predicted molar refractivity (Wildman–Crippen MR) is 86.5 cm³/mol. The van der Waals surface area contributed by atoms with Crippen LogP contribution in [0.25, 0.3) is 0 Å². The van der Waals surface area contributed by atoms with Gasteiger partial charge in [0.25, 0.3) is 0 Å². The van der Waals surface area contributed by atoms with E-state index in [9.17, 15) is 9.59 Å². The first-order valence-corrected chi connectivity index (χ1v) is 7.60. The molecule has 2 unspecified atom stereocenters. The fourth-order valence-corrected chi connectivity index (χ4v) is 2.82. The van der Waals surface area contributed by atoms with E-state index in [1.807, 2.05) is 38.1 Å². The smallest absolute Gasteiger partial charge is 0.319 e. The van der Waals surface area contributed by atoms with Crippen molar-refractivity contribution in [3.63, 3.8) is 0 Å². The zero-order valence-electron chi connectivity index (χ0n) is 13.1. The van der Waals surface area contributed by atoms with Crippen molar-refractivity contribution in [3.05, 3.63) is 29.8 Å². The molecule has 1 fully saturated rings. The minimum atomic E-state index is -0.374. The molecule has 3 amide bonds. The van der Waals surface area contributed by atoms with Gasteiger partial charge in [0.05, 0.1) is 6.54 Å². The number of nitrogens with zero attached hydrogens (tertiary/aromatic N) is 1. The van der Waals surface area contributed by atoms with Crippen molar-refractivity contribution < 1.29 is 9.59 Å². The number of hydrogen-bond donors (Lipinski definition) is 3. The van der Waals surface area contributed by atoms with E-state index in [0.29, 0.717) is 24.7 Å². The summed E-state index contributed by atoms with van der Waals surface area (Å²) in [5.41, 5.74) is 7.43. The molecule has 1 heterocycles. The summed E-state index contributed by atoms with van der Waals surface area (Å²) in [6, 6.07) is 7.31. The van der Waals surface area contributed by atoms with E-state index in [1.54, 1.807) is 4.90 Å². The molecule has 1 aliphatic rings. The molecule has 0 radical (unpaired) electrons. The summed E-state index contributed by atoms with van der Waals surface area (Å²) in [5.74, 6) is 0.294. The van der Waals surface area contributed by atoms with Crippen LogP contribution < -0.4 is 16.4 Å². The summed E-state index contributed by atoms with van der Waals surface area (Å²) in [6.45, 7) is 5.24. The fourth-order valence-electron chi connectivity index (χ4n) is 2.82. The molecule has 6 nitrogen and oxygen atoms in total. The van der Waals surface area contributed by atoms with E-state index in [-0.39, 0.29) is 24.5 Å². The minimum Gasteiger partial charge on any atom is -0.338 e. The third-order valence-corrected chi connectivity index (χ3v) is 3.99. The Labute approximate surface area is 131 Å². The van der Waals surface area contributed by atoms with Crippen LogP contribution in [0.1, 0.15) is 18.9 Å². The number of rotatable bonds is 4. The number of carbonyl (C=O) groups is 2. The van der Waals surface area contributed by atoms with Gasteiger partial charge in [-0.2, -0.15) is 0 Å². The Morgan fingerprint density at radius 3 is 2.82 bits per heavy atom. The van der Waals surface area contributed by atoms with Crippen LogP contribution >= 0.6 is 0 Å². The molecule has 6 heteroatoms. The molecule has 120 valence electrons. The molecule has 1 aliphatic heterocycles. The van der Waals surface area contributed by atoms with Crippen LogP contribution in [-0.4, -0.2) is 42.5 Å². The van der Waals surface area contributed by atoms with Crippen molar-refractivity contribution in [2.75, 3.05) is 25.0 Å². The molecule has 2 rings (SSSR count). The second-order valence-corrected chi connectivity index (χ2v) is 5.91. The molecule has 0 bridgehead atoms. The molecule has 1 aromatic rings. The number of aryl methyl sites for hydroxylation is 1. The Morgan fingerprint density at radius 1 is 1.41 bits per heavy atom. The van der Waals surface area contributed by atoms with Crippen LogP contribution in [0.15, 0.2) is 24.3 Å². The third kappa shape index (κ3) is 4.21. The van der Waals surface area contributed by atoms with Gasteiger partial charge in [0.2, 0.25) is 5.91 Å². The highest BCUT2D eigenvalue weighted by molar-refractivity contribution is 5.92. The van der Waals surface area contributed by atoms with Crippen molar-refractivity contribution in [3.8, 4) is 0 Å². The number of benzene rings is 1. The summed E-state index contributed by atoms with van der Waals surface area (Å²) >= 11 is 0. The zero-order valence-corrected chi connectivity index (χ0v) is 13.1. The number of anilines is 1. The molecule has 0 aliphatic carbocycles. The predicted octanol–water partition coefficient (Wildman–Crippen LogP) is 1.31. The SMILES string of the molecule is Cc1cccc(NC(=O)NCC(=O)N2CC(CN)CC2C)c1. The van der Waals surface area contributed by atoms with Gasteiger partial charge >= 0.3 is 6.03 Å². The Morgan fingerprint density at radius 2 is 2.18 bits per heavy atom. The second-order valence-electron chi connectivity index (χ2n) is 5.91. The maximum absolute atomic E-state index is 12.2. The second kappa shape index (κ2) is 7.26. The highest BCUT2D eigenvalue weighted by Gasteiger charge is 2.31. The van der Waals surface area contributed by atoms with E-state index in [4.69, 9.17) is 5.73 Å². The van der Waals surface area contributed by atoms with Crippen LogP contribution in [0.4, 0.5) is 10.5 Å². The highest BCUT2D eigenvalue weighted by Crippen LogP contribution is 2.21. The van der Waals surface area contributed by atoms with E-state index >= 15 is 0 Å². The maximum Gasteiger partial charge on any atom is 0.319 e. The molecule has 0 saturated carbocycles. The molecule has 2 atom stereocenters. The normalized spacial score (nSPS) is 20.8. The number of hydrogen-bond acceptors (Lipinski definition) is 3. The van der Waals surface area contributed by atoms with Crippen LogP contribution in [0.5, 0.6) is 0 Å². The highest BCUT2D eigenvalue weighted by atomic mass is 16.2. The first-order valence-electron chi connectivity index (χ1n) is 7.60. The molecule has 0 aromatic heterocycles. The molecule has 4 N–H and O–H groups in total. The number of nitrogens with one attached hydrogen (secondary N) is 2. The number of carbonyl (C=O) groups excluding carboxylic acids is 2. The van der Waals surface area contributed by atoms with Crippen molar-refractivity contribution >= 4 is 17.6 Å². The van der Waals surface area contributed by atoms with Crippen LogP contribution in [0.3, 0.4) is 0 Å². The van der Waals surface area contributed by atoms with Crippen molar-refractivity contribution in [1.82, 2.24) is 10.2 Å². The van der Waals surface area contributed by atoms with Crippen LogP contribution in [0, 0.1) is 12.8 Å². The summed E-state index contributed by atoms with van der Waals surface area (Å²) in [7, 11) is 0. The van der Waals surface area contributed by atoms with Gasteiger partial charge in [-0.05, 0) is 50.4 Å².